The summed E-state index contributed by atoms with van der Waals surface area (Å²) in [7, 11) is 1.91. The fourth-order valence-electron chi connectivity index (χ4n) is 2.44. The Kier molecular flexibility index (Phi) is 2.55. The molecule has 0 aliphatic rings. The minimum atomic E-state index is 0.0756. The number of nitrogens with zero attached hydrogens (tertiary/aromatic N) is 1. The van der Waals surface area contributed by atoms with Gasteiger partial charge in [-0.15, -0.1) is 0 Å². The van der Waals surface area contributed by atoms with Crippen LogP contribution >= 0.6 is 11.6 Å². The van der Waals surface area contributed by atoms with E-state index >= 15 is 0 Å². The second-order valence-corrected chi connectivity index (χ2v) is 4.58. The maximum absolute atomic E-state index is 11.6. The molecule has 0 N–H and O–H groups in total. The molecule has 0 aliphatic carbocycles. The van der Waals surface area contributed by atoms with E-state index in [0.717, 1.165) is 27.7 Å². The van der Waals surface area contributed by atoms with Crippen molar-refractivity contribution in [1.29, 1.82) is 0 Å². The lowest BCUT2D eigenvalue weighted by atomic mass is 10.1. The molecule has 0 radical (unpaired) electrons. The van der Waals surface area contributed by atoms with Gasteiger partial charge in [0.05, 0.1) is 16.2 Å². The molecule has 2 rings (SSSR count). The second-order valence-electron chi connectivity index (χ2n) is 4.18. The SMILES string of the molecule is CC(=O)c1c(C)c2c(Cl)ccc(C)c2n1C. The molecule has 1 heterocycles. The summed E-state index contributed by atoms with van der Waals surface area (Å²) in [6.07, 6.45) is 0. The quantitative estimate of drug-likeness (QED) is 0.692. The highest BCUT2D eigenvalue weighted by Gasteiger charge is 2.18. The third-order valence-electron chi connectivity index (χ3n) is 3.06. The number of fused-ring (bicyclic) bond motifs is 1. The van der Waals surface area contributed by atoms with Gasteiger partial charge in [0.25, 0.3) is 0 Å². The number of halogens is 1. The Hall–Kier alpha value is -1.28. The van der Waals surface area contributed by atoms with Gasteiger partial charge in [0, 0.05) is 19.4 Å². The average Bonchev–Trinajstić information content (AvgIpc) is 2.46. The molecule has 3 heteroatoms. The highest BCUT2D eigenvalue weighted by atomic mass is 35.5. The zero-order valence-electron chi connectivity index (χ0n) is 9.89. The maximum Gasteiger partial charge on any atom is 0.176 e. The van der Waals surface area contributed by atoms with Crippen molar-refractivity contribution in [3.63, 3.8) is 0 Å². The summed E-state index contributed by atoms with van der Waals surface area (Å²) in [5.74, 6) is 0.0756. The summed E-state index contributed by atoms with van der Waals surface area (Å²) < 4.78 is 1.94. The number of benzene rings is 1. The third-order valence-corrected chi connectivity index (χ3v) is 3.38. The summed E-state index contributed by atoms with van der Waals surface area (Å²) in [6.45, 7) is 5.57. The van der Waals surface area contributed by atoms with Crippen LogP contribution in [0.2, 0.25) is 5.02 Å². The fraction of sp³-hybridized carbons (Fsp3) is 0.308. The highest BCUT2D eigenvalue weighted by Crippen LogP contribution is 2.33. The van der Waals surface area contributed by atoms with Crippen LogP contribution < -0.4 is 0 Å². The van der Waals surface area contributed by atoms with Crippen LogP contribution in [-0.4, -0.2) is 10.4 Å². The van der Waals surface area contributed by atoms with Crippen LogP contribution in [0, 0.1) is 13.8 Å². The minimum Gasteiger partial charge on any atom is -0.341 e. The predicted molar refractivity (Wildman–Crippen MR) is 67.4 cm³/mol. The number of carbonyl (C=O) groups is 1. The van der Waals surface area contributed by atoms with E-state index in [0.29, 0.717) is 5.02 Å². The third kappa shape index (κ3) is 1.37. The van der Waals surface area contributed by atoms with Crippen LogP contribution in [0.5, 0.6) is 0 Å². The molecular formula is C13H14ClNO. The Labute approximate surface area is 99.8 Å². The number of carbonyl (C=O) groups excluding carboxylic acids is 1. The van der Waals surface area contributed by atoms with E-state index in [4.69, 9.17) is 11.6 Å². The Morgan fingerprint density at radius 1 is 1.31 bits per heavy atom. The monoisotopic (exact) mass is 235 g/mol. The van der Waals surface area contributed by atoms with E-state index in [1.807, 2.05) is 37.6 Å². The summed E-state index contributed by atoms with van der Waals surface area (Å²) in [5, 5.41) is 1.70. The Morgan fingerprint density at radius 3 is 2.44 bits per heavy atom. The molecular weight excluding hydrogens is 222 g/mol. The lowest BCUT2D eigenvalue weighted by molar-refractivity contribution is 0.101. The molecule has 0 saturated heterocycles. The first-order valence-corrected chi connectivity index (χ1v) is 5.58. The Bertz CT molecular complexity index is 551. The van der Waals surface area contributed by atoms with Crippen molar-refractivity contribution in [2.45, 2.75) is 20.8 Å². The topological polar surface area (TPSA) is 22.0 Å². The zero-order valence-corrected chi connectivity index (χ0v) is 10.6. The van der Waals surface area contributed by atoms with E-state index in [1.165, 1.54) is 0 Å². The van der Waals surface area contributed by atoms with Crippen molar-refractivity contribution in [2.75, 3.05) is 0 Å². The number of ketones is 1. The molecule has 2 aromatic rings. The average molecular weight is 236 g/mol. The maximum atomic E-state index is 11.6. The normalized spacial score (nSPS) is 11.1. The summed E-state index contributed by atoms with van der Waals surface area (Å²) in [4.78, 5) is 11.6. The number of aryl methyl sites for hydroxylation is 3. The van der Waals surface area contributed by atoms with Gasteiger partial charge in [-0.05, 0) is 31.0 Å². The van der Waals surface area contributed by atoms with Gasteiger partial charge in [0.15, 0.2) is 5.78 Å². The summed E-state index contributed by atoms with van der Waals surface area (Å²) in [5.41, 5.74) is 3.90. The van der Waals surface area contributed by atoms with Crippen molar-refractivity contribution in [3.05, 3.63) is 34.0 Å². The van der Waals surface area contributed by atoms with E-state index in [2.05, 4.69) is 0 Å². The van der Waals surface area contributed by atoms with Gasteiger partial charge in [-0.2, -0.15) is 0 Å². The highest BCUT2D eigenvalue weighted by molar-refractivity contribution is 6.36. The summed E-state index contributed by atoms with van der Waals surface area (Å²) >= 11 is 6.20. The molecule has 0 unspecified atom stereocenters. The molecule has 0 amide bonds. The minimum absolute atomic E-state index is 0.0756. The van der Waals surface area contributed by atoms with E-state index in [1.54, 1.807) is 6.92 Å². The van der Waals surface area contributed by atoms with E-state index < -0.39 is 0 Å². The van der Waals surface area contributed by atoms with Gasteiger partial charge in [0.2, 0.25) is 0 Å². The lowest BCUT2D eigenvalue weighted by Crippen LogP contribution is -2.03. The molecule has 0 saturated carbocycles. The number of Topliss-reactive ketones (excluding diaryl/α,β-unsaturated/α-hetero) is 1. The van der Waals surface area contributed by atoms with Crippen LogP contribution in [0.3, 0.4) is 0 Å². The van der Waals surface area contributed by atoms with Gasteiger partial charge >= 0.3 is 0 Å². The van der Waals surface area contributed by atoms with Crippen LogP contribution in [0.4, 0.5) is 0 Å². The van der Waals surface area contributed by atoms with Crippen LogP contribution in [-0.2, 0) is 7.05 Å². The zero-order chi connectivity index (χ0) is 12.0. The van der Waals surface area contributed by atoms with Crippen molar-refractivity contribution in [1.82, 2.24) is 4.57 Å². The number of hydrogen-bond acceptors (Lipinski definition) is 1. The molecule has 84 valence electrons. The largest absolute Gasteiger partial charge is 0.341 e. The molecule has 1 aromatic heterocycles. The lowest BCUT2D eigenvalue weighted by Gasteiger charge is -2.03. The Balaban J connectivity index is 3.04. The van der Waals surface area contributed by atoms with Crippen LogP contribution in [0.1, 0.15) is 28.5 Å². The molecule has 0 atom stereocenters. The summed E-state index contributed by atoms with van der Waals surface area (Å²) in [6, 6.07) is 3.87. The first-order valence-electron chi connectivity index (χ1n) is 5.20. The van der Waals surface area contributed by atoms with E-state index in [-0.39, 0.29) is 5.78 Å². The molecule has 0 aliphatic heterocycles. The van der Waals surface area contributed by atoms with Gasteiger partial charge in [-0.25, -0.2) is 0 Å². The fourth-order valence-corrected chi connectivity index (χ4v) is 2.74. The second kappa shape index (κ2) is 3.63. The molecule has 2 nitrogen and oxygen atoms in total. The van der Waals surface area contributed by atoms with Gasteiger partial charge in [-0.3, -0.25) is 4.79 Å². The van der Waals surface area contributed by atoms with Crippen LogP contribution in [0.15, 0.2) is 12.1 Å². The van der Waals surface area contributed by atoms with Gasteiger partial charge in [-0.1, -0.05) is 17.7 Å². The number of rotatable bonds is 1. The van der Waals surface area contributed by atoms with Gasteiger partial charge < -0.3 is 4.57 Å². The van der Waals surface area contributed by atoms with Crippen LogP contribution in [0.25, 0.3) is 10.9 Å². The van der Waals surface area contributed by atoms with Crippen molar-refractivity contribution < 1.29 is 4.79 Å². The van der Waals surface area contributed by atoms with Crippen molar-refractivity contribution in [3.8, 4) is 0 Å². The first kappa shape index (κ1) is 11.2. The standard InChI is InChI=1S/C13H14ClNO/c1-7-5-6-10(14)11-8(2)13(9(3)16)15(4)12(7)11/h5-6H,1-4H3. The molecule has 16 heavy (non-hydrogen) atoms. The smallest absolute Gasteiger partial charge is 0.176 e. The molecule has 1 aromatic carbocycles. The number of aromatic nitrogens is 1. The van der Waals surface area contributed by atoms with Gasteiger partial charge in [0.1, 0.15) is 0 Å². The van der Waals surface area contributed by atoms with Crippen molar-refractivity contribution >= 4 is 28.3 Å². The molecule has 0 spiro atoms. The number of hydrogen-bond donors (Lipinski definition) is 0. The van der Waals surface area contributed by atoms with Crippen molar-refractivity contribution in [2.24, 2.45) is 7.05 Å². The molecule has 0 bridgehead atoms. The predicted octanol–water partition coefficient (Wildman–Crippen LogP) is 3.65. The Morgan fingerprint density at radius 2 is 1.94 bits per heavy atom. The molecule has 0 fully saturated rings. The van der Waals surface area contributed by atoms with E-state index in [9.17, 15) is 4.79 Å². The first-order chi connectivity index (χ1) is 7.45.